The van der Waals surface area contributed by atoms with Crippen LogP contribution in [0.3, 0.4) is 0 Å². The molecule has 0 unspecified atom stereocenters. The summed E-state index contributed by atoms with van der Waals surface area (Å²) in [5, 5.41) is 2.87. The highest BCUT2D eigenvalue weighted by Gasteiger charge is 2.10. The number of ether oxygens (including phenoxy) is 1. The molecule has 2 aromatic rings. The summed E-state index contributed by atoms with van der Waals surface area (Å²) >= 11 is 4.85. The molecule has 0 saturated carbocycles. The Morgan fingerprint density at radius 3 is 2.95 bits per heavy atom. The van der Waals surface area contributed by atoms with E-state index in [2.05, 4.69) is 26.2 Å². The van der Waals surface area contributed by atoms with E-state index in [0.29, 0.717) is 17.3 Å². The van der Waals surface area contributed by atoms with Crippen LogP contribution in [0.5, 0.6) is 5.88 Å². The van der Waals surface area contributed by atoms with Crippen molar-refractivity contribution in [3.8, 4) is 5.88 Å². The summed E-state index contributed by atoms with van der Waals surface area (Å²) in [6, 6.07) is 5.52. The molecule has 0 aliphatic carbocycles. The normalized spacial score (nSPS) is 10.3. The van der Waals surface area contributed by atoms with Gasteiger partial charge in [0.2, 0.25) is 5.88 Å². The number of carbonyl (C=O) groups excluding carboxylic acids is 1. The van der Waals surface area contributed by atoms with Crippen molar-refractivity contribution in [1.82, 2.24) is 10.3 Å². The molecule has 0 aliphatic rings. The first-order chi connectivity index (χ1) is 9.10. The van der Waals surface area contributed by atoms with Crippen molar-refractivity contribution in [2.45, 2.75) is 13.5 Å². The van der Waals surface area contributed by atoms with Crippen LogP contribution >= 0.6 is 27.3 Å². The highest BCUT2D eigenvalue weighted by molar-refractivity contribution is 9.11. The number of nitrogens with one attached hydrogen (secondary N) is 1. The van der Waals surface area contributed by atoms with Crippen molar-refractivity contribution in [2.75, 3.05) is 7.11 Å². The largest absolute Gasteiger partial charge is 0.481 e. The molecule has 2 heterocycles. The van der Waals surface area contributed by atoms with Crippen molar-refractivity contribution < 1.29 is 9.53 Å². The van der Waals surface area contributed by atoms with Gasteiger partial charge in [-0.15, -0.1) is 11.3 Å². The summed E-state index contributed by atoms with van der Waals surface area (Å²) in [6.07, 6.45) is 1.66. The number of aryl methyl sites for hydroxylation is 1. The van der Waals surface area contributed by atoms with Crippen LogP contribution in [-0.4, -0.2) is 18.0 Å². The third kappa shape index (κ3) is 3.54. The molecule has 0 bridgehead atoms. The molecular weight excluding hydrogens is 328 g/mol. The molecular formula is C13H13BrN2O2S. The lowest BCUT2D eigenvalue weighted by Gasteiger charge is -2.05. The Morgan fingerprint density at radius 1 is 1.53 bits per heavy atom. The Kier molecular flexibility index (Phi) is 4.55. The summed E-state index contributed by atoms with van der Waals surface area (Å²) in [5.74, 6) is 0.469. The lowest BCUT2D eigenvalue weighted by molar-refractivity contribution is 0.0955. The van der Waals surface area contributed by atoms with Crippen LogP contribution in [0.15, 0.2) is 28.2 Å². The summed E-state index contributed by atoms with van der Waals surface area (Å²) < 4.78 is 6.03. The summed E-state index contributed by atoms with van der Waals surface area (Å²) in [4.78, 5) is 16.7. The van der Waals surface area contributed by atoms with Gasteiger partial charge in [0.05, 0.1) is 15.8 Å². The molecule has 0 fully saturated rings. The monoisotopic (exact) mass is 340 g/mol. The summed E-state index contributed by atoms with van der Waals surface area (Å²) in [5.41, 5.74) is 2.02. The number of rotatable bonds is 4. The van der Waals surface area contributed by atoms with E-state index in [0.717, 1.165) is 14.9 Å². The Morgan fingerprint density at radius 2 is 2.32 bits per heavy atom. The van der Waals surface area contributed by atoms with E-state index in [-0.39, 0.29) is 5.91 Å². The van der Waals surface area contributed by atoms with Crippen molar-refractivity contribution in [3.05, 3.63) is 44.2 Å². The van der Waals surface area contributed by atoms with E-state index in [1.165, 1.54) is 11.3 Å². The quantitative estimate of drug-likeness (QED) is 0.929. The van der Waals surface area contributed by atoms with Crippen LogP contribution in [0.1, 0.15) is 20.8 Å². The average Bonchev–Trinajstić information content (AvgIpc) is 2.76. The molecule has 100 valence electrons. The van der Waals surface area contributed by atoms with Gasteiger partial charge in [-0.05, 0) is 46.1 Å². The second-order valence-electron chi connectivity index (χ2n) is 3.96. The van der Waals surface area contributed by atoms with Crippen LogP contribution in [0, 0.1) is 6.92 Å². The number of methoxy groups -OCH3 is 1. The van der Waals surface area contributed by atoms with Gasteiger partial charge >= 0.3 is 0 Å². The number of nitrogens with zero attached hydrogens (tertiary/aromatic N) is 1. The Labute approximate surface area is 124 Å². The fraction of sp³-hybridized carbons (Fsp3) is 0.231. The zero-order valence-corrected chi connectivity index (χ0v) is 13.0. The number of amides is 1. The van der Waals surface area contributed by atoms with Crippen molar-refractivity contribution in [1.29, 1.82) is 0 Å². The van der Waals surface area contributed by atoms with E-state index in [1.54, 1.807) is 19.4 Å². The van der Waals surface area contributed by atoms with Crippen molar-refractivity contribution in [3.63, 3.8) is 0 Å². The second kappa shape index (κ2) is 6.16. The van der Waals surface area contributed by atoms with Gasteiger partial charge < -0.3 is 10.1 Å². The van der Waals surface area contributed by atoms with Crippen LogP contribution < -0.4 is 10.1 Å². The van der Waals surface area contributed by atoms with Gasteiger partial charge in [-0.25, -0.2) is 4.98 Å². The number of carbonyl (C=O) groups is 1. The maximum atomic E-state index is 12.0. The lowest BCUT2D eigenvalue weighted by atomic mass is 10.2. The first-order valence-corrected chi connectivity index (χ1v) is 7.24. The highest BCUT2D eigenvalue weighted by Crippen LogP contribution is 2.27. The third-order valence-electron chi connectivity index (χ3n) is 2.54. The molecule has 2 rings (SSSR count). The molecule has 19 heavy (non-hydrogen) atoms. The van der Waals surface area contributed by atoms with Gasteiger partial charge in [0, 0.05) is 18.8 Å². The number of aromatic nitrogens is 1. The Bertz CT molecular complexity index is 579. The molecule has 0 radical (unpaired) electrons. The van der Waals surface area contributed by atoms with Gasteiger partial charge in [0.15, 0.2) is 0 Å². The minimum atomic E-state index is -0.0745. The van der Waals surface area contributed by atoms with E-state index < -0.39 is 0 Å². The van der Waals surface area contributed by atoms with Crippen LogP contribution in [0.4, 0.5) is 0 Å². The molecule has 0 atom stereocenters. The minimum Gasteiger partial charge on any atom is -0.481 e. The lowest BCUT2D eigenvalue weighted by Crippen LogP contribution is -2.21. The first-order valence-electron chi connectivity index (χ1n) is 5.63. The third-order valence-corrected chi connectivity index (χ3v) is 4.68. The van der Waals surface area contributed by atoms with Gasteiger partial charge in [-0.1, -0.05) is 0 Å². The number of pyridine rings is 1. The Hall–Kier alpha value is -1.40. The van der Waals surface area contributed by atoms with Crippen LogP contribution in [0.2, 0.25) is 0 Å². The van der Waals surface area contributed by atoms with E-state index >= 15 is 0 Å². The zero-order valence-electron chi connectivity index (χ0n) is 10.6. The van der Waals surface area contributed by atoms with Gasteiger partial charge in [-0.2, -0.15) is 0 Å². The maximum absolute atomic E-state index is 12.0. The fourth-order valence-electron chi connectivity index (χ4n) is 1.51. The molecule has 0 spiro atoms. The predicted molar refractivity (Wildman–Crippen MR) is 78.7 cm³/mol. The second-order valence-corrected chi connectivity index (χ2v) is 6.33. The summed E-state index contributed by atoms with van der Waals surface area (Å²) in [6.45, 7) is 2.41. The molecule has 0 aromatic carbocycles. The highest BCUT2D eigenvalue weighted by atomic mass is 79.9. The van der Waals surface area contributed by atoms with Gasteiger partial charge in [0.25, 0.3) is 5.91 Å². The molecule has 6 heteroatoms. The molecule has 1 amide bonds. The minimum absolute atomic E-state index is 0.0745. The SMILES string of the molecule is COc1cc(CNC(=O)c2cc(C)c(Br)s2)ccn1. The van der Waals surface area contributed by atoms with Crippen molar-refractivity contribution >= 4 is 33.2 Å². The van der Waals surface area contributed by atoms with E-state index in [1.807, 2.05) is 19.1 Å². The number of hydrogen-bond acceptors (Lipinski definition) is 4. The predicted octanol–water partition coefficient (Wildman–Crippen LogP) is 3.15. The molecule has 2 aromatic heterocycles. The Balaban J connectivity index is 2.00. The maximum Gasteiger partial charge on any atom is 0.261 e. The van der Waals surface area contributed by atoms with Crippen molar-refractivity contribution in [2.24, 2.45) is 0 Å². The number of hydrogen-bond donors (Lipinski definition) is 1. The topological polar surface area (TPSA) is 51.2 Å². The van der Waals surface area contributed by atoms with Gasteiger partial charge in [-0.3, -0.25) is 4.79 Å². The van der Waals surface area contributed by atoms with Gasteiger partial charge in [0.1, 0.15) is 0 Å². The first kappa shape index (κ1) is 14.0. The zero-order chi connectivity index (χ0) is 13.8. The van der Waals surface area contributed by atoms with E-state index in [9.17, 15) is 4.79 Å². The fourth-order valence-corrected chi connectivity index (χ4v) is 2.96. The standard InChI is InChI=1S/C13H13BrN2O2S/c1-8-5-10(19-12(8)14)13(17)16-7-9-3-4-15-11(6-9)18-2/h3-6H,7H2,1-2H3,(H,16,17). The van der Waals surface area contributed by atoms with E-state index in [4.69, 9.17) is 4.74 Å². The smallest absolute Gasteiger partial charge is 0.261 e. The number of halogens is 1. The van der Waals surface area contributed by atoms with Crippen LogP contribution in [-0.2, 0) is 6.54 Å². The molecule has 0 aliphatic heterocycles. The molecule has 0 saturated heterocycles. The summed E-state index contributed by atoms with van der Waals surface area (Å²) in [7, 11) is 1.57. The molecule has 1 N–H and O–H groups in total. The average molecular weight is 341 g/mol. The van der Waals surface area contributed by atoms with Crippen LogP contribution in [0.25, 0.3) is 0 Å². The number of thiophene rings is 1. The molecule has 4 nitrogen and oxygen atoms in total.